The summed E-state index contributed by atoms with van der Waals surface area (Å²) in [5, 5.41) is 0.589. The van der Waals surface area contributed by atoms with E-state index < -0.39 is 5.97 Å². The molecule has 0 saturated carbocycles. The summed E-state index contributed by atoms with van der Waals surface area (Å²) in [5.41, 5.74) is 0.279. The van der Waals surface area contributed by atoms with Crippen molar-refractivity contribution < 1.29 is 14.3 Å². The van der Waals surface area contributed by atoms with E-state index in [1.807, 2.05) is 12.1 Å². The summed E-state index contributed by atoms with van der Waals surface area (Å²) in [6, 6.07) is 10.2. The molecule has 0 saturated heterocycles. The van der Waals surface area contributed by atoms with E-state index in [-0.39, 0.29) is 5.56 Å². The lowest BCUT2D eigenvalue weighted by Gasteiger charge is -2.11. The highest BCUT2D eigenvalue weighted by Crippen LogP contribution is 2.34. The normalized spacial score (nSPS) is 10.4. The summed E-state index contributed by atoms with van der Waals surface area (Å²) in [4.78, 5) is 12.2. The van der Waals surface area contributed by atoms with Crippen LogP contribution in [0.25, 0.3) is 0 Å². The maximum Gasteiger partial charge on any atom is 0.343 e. The van der Waals surface area contributed by atoms with Gasteiger partial charge in [0.15, 0.2) is 5.75 Å². The van der Waals surface area contributed by atoms with Crippen molar-refractivity contribution in [2.24, 2.45) is 0 Å². The van der Waals surface area contributed by atoms with Gasteiger partial charge in [-0.15, -0.1) is 0 Å². The first-order valence-electron chi connectivity index (χ1n) is 7.11. The molecule has 0 unspecified atom stereocenters. The lowest BCUT2D eigenvalue weighted by Crippen LogP contribution is -2.09. The van der Waals surface area contributed by atoms with Crippen molar-refractivity contribution in [1.82, 2.24) is 0 Å². The summed E-state index contributed by atoms with van der Waals surface area (Å²) in [5.74, 6) is 0.341. The van der Waals surface area contributed by atoms with Crippen molar-refractivity contribution in [2.45, 2.75) is 19.8 Å². The standard InChI is InChI=1S/C17H15Cl2IO3/c1-2-3-8-22-16-14(18)9-11(10-15(16)19)17(21)23-13-6-4-12(20)5-7-13/h4-7,9-10H,2-3,8H2,1H3. The first-order valence-corrected chi connectivity index (χ1v) is 8.94. The van der Waals surface area contributed by atoms with Crippen LogP contribution >= 0.6 is 45.8 Å². The first kappa shape index (κ1) is 18.4. The summed E-state index contributed by atoms with van der Waals surface area (Å²) >= 11 is 14.5. The molecule has 0 fully saturated rings. The molecule has 0 spiro atoms. The van der Waals surface area contributed by atoms with Gasteiger partial charge in [-0.1, -0.05) is 36.5 Å². The van der Waals surface area contributed by atoms with E-state index in [2.05, 4.69) is 29.5 Å². The SMILES string of the molecule is CCCCOc1c(Cl)cc(C(=O)Oc2ccc(I)cc2)cc1Cl. The highest BCUT2D eigenvalue weighted by atomic mass is 127. The van der Waals surface area contributed by atoms with E-state index in [0.717, 1.165) is 16.4 Å². The third-order valence-electron chi connectivity index (χ3n) is 3.00. The Hall–Kier alpha value is -0.980. The van der Waals surface area contributed by atoms with Gasteiger partial charge in [0.05, 0.1) is 22.2 Å². The Morgan fingerprint density at radius 2 is 1.74 bits per heavy atom. The average molecular weight is 465 g/mol. The number of unbranched alkanes of at least 4 members (excludes halogenated alkanes) is 1. The van der Waals surface area contributed by atoms with Gasteiger partial charge >= 0.3 is 5.97 Å². The molecule has 3 nitrogen and oxygen atoms in total. The van der Waals surface area contributed by atoms with Crippen molar-refractivity contribution in [3.05, 3.63) is 55.6 Å². The third-order valence-corrected chi connectivity index (χ3v) is 4.28. The van der Waals surface area contributed by atoms with Crippen LogP contribution < -0.4 is 9.47 Å². The van der Waals surface area contributed by atoms with E-state index in [0.29, 0.717) is 28.2 Å². The van der Waals surface area contributed by atoms with Crippen LogP contribution in [0, 0.1) is 3.57 Å². The Kier molecular flexibility index (Phi) is 6.99. The van der Waals surface area contributed by atoms with Gasteiger partial charge < -0.3 is 9.47 Å². The molecule has 2 aromatic rings. The molecule has 2 rings (SSSR count). The quantitative estimate of drug-likeness (QED) is 0.228. The van der Waals surface area contributed by atoms with Crippen LogP contribution in [0.2, 0.25) is 10.0 Å². The van der Waals surface area contributed by atoms with Crippen LogP contribution in [0.3, 0.4) is 0 Å². The predicted molar refractivity (Wildman–Crippen MR) is 101 cm³/mol. The molecule has 23 heavy (non-hydrogen) atoms. The van der Waals surface area contributed by atoms with Crippen molar-refractivity contribution in [1.29, 1.82) is 0 Å². The van der Waals surface area contributed by atoms with Crippen LogP contribution in [-0.4, -0.2) is 12.6 Å². The predicted octanol–water partition coefficient (Wildman–Crippen LogP) is 6.00. The monoisotopic (exact) mass is 464 g/mol. The summed E-state index contributed by atoms with van der Waals surface area (Å²) in [7, 11) is 0. The first-order chi connectivity index (χ1) is 11.0. The molecule has 0 aliphatic carbocycles. The van der Waals surface area contributed by atoms with Gasteiger partial charge in [-0.05, 0) is 65.4 Å². The lowest BCUT2D eigenvalue weighted by molar-refractivity contribution is 0.0734. The Morgan fingerprint density at radius 1 is 1.13 bits per heavy atom. The Morgan fingerprint density at radius 3 is 2.30 bits per heavy atom. The minimum Gasteiger partial charge on any atom is -0.490 e. The fourth-order valence-corrected chi connectivity index (χ4v) is 2.76. The highest BCUT2D eigenvalue weighted by molar-refractivity contribution is 14.1. The van der Waals surface area contributed by atoms with Crippen LogP contribution in [0.1, 0.15) is 30.1 Å². The smallest absolute Gasteiger partial charge is 0.343 e. The zero-order chi connectivity index (χ0) is 16.8. The molecule has 0 N–H and O–H groups in total. The van der Waals surface area contributed by atoms with Gasteiger partial charge in [0.1, 0.15) is 5.75 Å². The van der Waals surface area contributed by atoms with Gasteiger partial charge in [0.2, 0.25) is 0 Å². The van der Waals surface area contributed by atoms with Crippen LogP contribution in [0.4, 0.5) is 0 Å². The second-order valence-corrected chi connectivity index (χ2v) is 6.87. The van der Waals surface area contributed by atoms with E-state index in [1.165, 1.54) is 12.1 Å². The number of esters is 1. The number of hydrogen-bond donors (Lipinski definition) is 0. The zero-order valence-corrected chi connectivity index (χ0v) is 16.1. The van der Waals surface area contributed by atoms with Crippen molar-refractivity contribution in [3.8, 4) is 11.5 Å². The van der Waals surface area contributed by atoms with Gasteiger partial charge in [-0.3, -0.25) is 0 Å². The van der Waals surface area contributed by atoms with Crippen molar-refractivity contribution >= 4 is 51.8 Å². The van der Waals surface area contributed by atoms with Crippen LogP contribution in [-0.2, 0) is 0 Å². The second kappa shape index (κ2) is 8.76. The van der Waals surface area contributed by atoms with Gasteiger partial charge in [-0.2, -0.15) is 0 Å². The molecule has 122 valence electrons. The zero-order valence-electron chi connectivity index (χ0n) is 12.4. The number of ether oxygens (including phenoxy) is 2. The van der Waals surface area contributed by atoms with E-state index in [1.54, 1.807) is 12.1 Å². The largest absolute Gasteiger partial charge is 0.490 e. The summed E-state index contributed by atoms with van der Waals surface area (Å²) in [6.07, 6.45) is 1.92. The minimum atomic E-state index is -0.518. The molecule has 0 heterocycles. The number of halogens is 3. The maximum absolute atomic E-state index is 12.2. The van der Waals surface area contributed by atoms with E-state index in [9.17, 15) is 4.79 Å². The van der Waals surface area contributed by atoms with Gasteiger partial charge in [0, 0.05) is 3.57 Å². The highest BCUT2D eigenvalue weighted by Gasteiger charge is 2.16. The van der Waals surface area contributed by atoms with Crippen LogP contribution in [0.5, 0.6) is 11.5 Å². The fraction of sp³-hybridized carbons (Fsp3) is 0.235. The molecule has 0 atom stereocenters. The molecule has 0 aliphatic rings. The minimum absolute atomic E-state index is 0.279. The summed E-state index contributed by atoms with van der Waals surface area (Å²) in [6.45, 7) is 2.60. The number of carbonyl (C=O) groups excluding carboxylic acids is 1. The number of benzene rings is 2. The lowest BCUT2D eigenvalue weighted by atomic mass is 10.2. The second-order valence-electron chi connectivity index (χ2n) is 4.81. The molecule has 0 aromatic heterocycles. The molecule has 0 radical (unpaired) electrons. The number of rotatable bonds is 6. The Bertz CT molecular complexity index is 664. The van der Waals surface area contributed by atoms with Crippen molar-refractivity contribution in [3.63, 3.8) is 0 Å². The average Bonchev–Trinajstić information content (AvgIpc) is 2.52. The Balaban J connectivity index is 2.13. The number of hydrogen-bond acceptors (Lipinski definition) is 3. The molecule has 6 heteroatoms. The van der Waals surface area contributed by atoms with E-state index >= 15 is 0 Å². The van der Waals surface area contributed by atoms with Gasteiger partial charge in [0.25, 0.3) is 0 Å². The molecule has 2 aromatic carbocycles. The topological polar surface area (TPSA) is 35.5 Å². The number of carbonyl (C=O) groups is 1. The summed E-state index contributed by atoms with van der Waals surface area (Å²) < 4.78 is 11.9. The fourth-order valence-electron chi connectivity index (χ4n) is 1.80. The molecular formula is C17H15Cl2IO3. The molecule has 0 aliphatic heterocycles. The molecule has 0 amide bonds. The van der Waals surface area contributed by atoms with E-state index in [4.69, 9.17) is 32.7 Å². The van der Waals surface area contributed by atoms with Crippen molar-refractivity contribution in [2.75, 3.05) is 6.61 Å². The Labute approximate surface area is 159 Å². The van der Waals surface area contributed by atoms with Crippen LogP contribution in [0.15, 0.2) is 36.4 Å². The maximum atomic E-state index is 12.2. The molecular weight excluding hydrogens is 450 g/mol. The molecule has 0 bridgehead atoms. The van der Waals surface area contributed by atoms with Gasteiger partial charge in [-0.25, -0.2) is 4.79 Å². The third kappa shape index (κ3) is 5.26.